The number of rotatable bonds is 8. The molecule has 0 aromatic heterocycles. The second-order valence-corrected chi connectivity index (χ2v) is 7.19. The van der Waals surface area contributed by atoms with Crippen molar-refractivity contribution < 1.29 is 0 Å². The molecule has 130 valence electrons. The van der Waals surface area contributed by atoms with E-state index in [0.29, 0.717) is 0 Å². The molecule has 2 heteroatoms. The van der Waals surface area contributed by atoms with Crippen molar-refractivity contribution in [3.63, 3.8) is 0 Å². The van der Waals surface area contributed by atoms with Crippen LogP contribution in [-0.2, 0) is 0 Å². The molecule has 0 aliphatic rings. The van der Waals surface area contributed by atoms with Crippen LogP contribution in [0, 0.1) is 6.92 Å². The van der Waals surface area contributed by atoms with Crippen LogP contribution in [0.1, 0.15) is 58.6 Å². The third-order valence-electron chi connectivity index (χ3n) is 4.20. The largest absolute Gasteiger partial charge is 0.263 e. The molecule has 0 aliphatic heterocycles. The zero-order chi connectivity index (χ0) is 18.1. The van der Waals surface area contributed by atoms with Crippen molar-refractivity contribution in [2.45, 2.75) is 59.3 Å². The molecular weight excluding hydrogens is 310 g/mol. The van der Waals surface area contributed by atoms with Gasteiger partial charge in [0.2, 0.25) is 0 Å². The lowest BCUT2D eigenvalue weighted by atomic mass is 9.98. The first-order valence-corrected chi connectivity index (χ1v) is 9.61. The fourth-order valence-corrected chi connectivity index (χ4v) is 3.40. The molecule has 0 unspecified atom stereocenters. The number of hydrogen-bond donors (Lipinski definition) is 0. The molecule has 1 nitrogen and oxygen atoms in total. The number of benzene rings is 1. The predicted molar refractivity (Wildman–Crippen MR) is 112 cm³/mol. The topological polar surface area (TPSA) is 12.4 Å². The first-order chi connectivity index (χ1) is 11.4. The molecule has 0 radical (unpaired) electrons. The highest BCUT2D eigenvalue weighted by Crippen LogP contribution is 2.28. The molecule has 24 heavy (non-hydrogen) atoms. The lowest BCUT2D eigenvalue weighted by Crippen LogP contribution is -1.93. The van der Waals surface area contributed by atoms with Crippen LogP contribution in [0.2, 0.25) is 0 Å². The third-order valence-corrected chi connectivity index (χ3v) is 5.36. The van der Waals surface area contributed by atoms with Crippen molar-refractivity contribution in [2.24, 2.45) is 4.99 Å². The van der Waals surface area contributed by atoms with Gasteiger partial charge in [-0.15, -0.1) is 18.3 Å². The molecule has 0 bridgehead atoms. The van der Waals surface area contributed by atoms with Gasteiger partial charge in [0.15, 0.2) is 0 Å². The van der Waals surface area contributed by atoms with Crippen LogP contribution in [0.25, 0.3) is 5.57 Å². The molecule has 0 amide bonds. The van der Waals surface area contributed by atoms with Gasteiger partial charge in [0.25, 0.3) is 0 Å². The molecule has 0 fully saturated rings. The van der Waals surface area contributed by atoms with Gasteiger partial charge >= 0.3 is 0 Å². The van der Waals surface area contributed by atoms with Crippen LogP contribution >= 0.6 is 11.8 Å². The molecule has 1 aromatic carbocycles. The summed E-state index contributed by atoms with van der Waals surface area (Å²) in [5, 5.41) is 0. The molecule has 0 spiro atoms. The third kappa shape index (κ3) is 6.16. The van der Waals surface area contributed by atoms with Crippen LogP contribution in [0.3, 0.4) is 0 Å². The monoisotopic (exact) mass is 341 g/mol. The molecule has 0 aliphatic carbocycles. The molecule has 1 rings (SSSR count). The summed E-state index contributed by atoms with van der Waals surface area (Å²) in [5.41, 5.74) is 7.68. The van der Waals surface area contributed by atoms with Gasteiger partial charge in [-0.05, 0) is 81.9 Å². The molecular formula is C22H31NS. The minimum absolute atomic E-state index is 0.916. The van der Waals surface area contributed by atoms with Crippen molar-refractivity contribution in [3.8, 4) is 0 Å². The zero-order valence-electron chi connectivity index (χ0n) is 16.1. The average Bonchev–Trinajstić information content (AvgIpc) is 2.57. The summed E-state index contributed by atoms with van der Waals surface area (Å²) < 4.78 is 0. The highest BCUT2D eigenvalue weighted by molar-refractivity contribution is 7.99. The lowest BCUT2D eigenvalue weighted by Gasteiger charge is -2.11. The Morgan fingerprint density at radius 1 is 1.25 bits per heavy atom. The minimum Gasteiger partial charge on any atom is -0.263 e. The Hall–Kier alpha value is -1.54. The van der Waals surface area contributed by atoms with E-state index in [2.05, 4.69) is 77.4 Å². The highest BCUT2D eigenvalue weighted by atomic mass is 32.2. The number of hydrogen-bond acceptors (Lipinski definition) is 2. The van der Waals surface area contributed by atoms with Crippen LogP contribution in [-0.4, -0.2) is 11.5 Å². The first kappa shape index (κ1) is 20.5. The maximum Gasteiger partial charge on any atom is 0.0369 e. The van der Waals surface area contributed by atoms with E-state index in [0.717, 1.165) is 24.3 Å². The van der Waals surface area contributed by atoms with Gasteiger partial charge in [-0.3, -0.25) is 4.99 Å². The van der Waals surface area contributed by atoms with Gasteiger partial charge < -0.3 is 0 Å². The average molecular weight is 342 g/mol. The van der Waals surface area contributed by atoms with Gasteiger partial charge in [0.05, 0.1) is 0 Å². The van der Waals surface area contributed by atoms with E-state index in [1.165, 1.54) is 32.9 Å². The number of nitrogens with zero attached hydrogens (tertiary/aromatic N) is 1. The molecule has 0 N–H and O–H groups in total. The molecule has 0 saturated heterocycles. The van der Waals surface area contributed by atoms with E-state index >= 15 is 0 Å². The Morgan fingerprint density at radius 2 is 1.96 bits per heavy atom. The van der Waals surface area contributed by atoms with E-state index in [9.17, 15) is 0 Å². The van der Waals surface area contributed by atoms with Crippen molar-refractivity contribution in [2.75, 3.05) is 5.75 Å². The lowest BCUT2D eigenvalue weighted by molar-refractivity contribution is 1.15. The number of aryl methyl sites for hydroxylation is 1. The van der Waals surface area contributed by atoms with Crippen LogP contribution in [0.15, 0.2) is 58.1 Å². The SMILES string of the molecule is C=CC/C(=C/C)c1ccc(SC/C(C)=C(C)/N=C(\C)CC)cc1C. The van der Waals surface area contributed by atoms with Crippen molar-refractivity contribution in [3.05, 3.63) is 59.3 Å². The van der Waals surface area contributed by atoms with Gasteiger partial charge in [0.1, 0.15) is 0 Å². The van der Waals surface area contributed by atoms with E-state index in [1.54, 1.807) is 0 Å². The second-order valence-electron chi connectivity index (χ2n) is 6.14. The van der Waals surface area contributed by atoms with Crippen LogP contribution in [0.5, 0.6) is 0 Å². The highest BCUT2D eigenvalue weighted by Gasteiger charge is 2.05. The summed E-state index contributed by atoms with van der Waals surface area (Å²) in [6, 6.07) is 6.75. The Balaban J connectivity index is 2.86. The number of allylic oxidation sites excluding steroid dienone is 4. The van der Waals surface area contributed by atoms with Gasteiger partial charge in [-0.2, -0.15) is 0 Å². The van der Waals surface area contributed by atoms with E-state index in [1.807, 2.05) is 17.8 Å². The van der Waals surface area contributed by atoms with Crippen LogP contribution in [0.4, 0.5) is 0 Å². The zero-order valence-corrected chi connectivity index (χ0v) is 16.9. The van der Waals surface area contributed by atoms with E-state index < -0.39 is 0 Å². The maximum absolute atomic E-state index is 4.66. The Morgan fingerprint density at radius 3 is 2.50 bits per heavy atom. The van der Waals surface area contributed by atoms with Crippen molar-refractivity contribution in [1.29, 1.82) is 0 Å². The Bertz CT molecular complexity index is 663. The summed E-state index contributed by atoms with van der Waals surface area (Å²) in [5.74, 6) is 0.980. The summed E-state index contributed by atoms with van der Waals surface area (Å²) in [4.78, 5) is 5.97. The van der Waals surface area contributed by atoms with Gasteiger partial charge in [-0.1, -0.05) is 25.1 Å². The summed E-state index contributed by atoms with van der Waals surface area (Å²) in [7, 11) is 0. The molecule has 0 heterocycles. The summed E-state index contributed by atoms with van der Waals surface area (Å²) in [6.07, 6.45) is 6.07. The van der Waals surface area contributed by atoms with E-state index in [4.69, 9.17) is 0 Å². The standard InChI is InChI=1S/C22H31NS/c1-8-11-20(10-3)22-13-12-21(14-16(22)4)24-15-17(5)19(7)23-18(6)9-2/h8,10,12-14H,1,9,11,15H2,2-7H3/b19-17+,20-10-,23-18+. The quantitative estimate of drug-likeness (QED) is 0.276. The van der Waals surface area contributed by atoms with Gasteiger partial charge in [0, 0.05) is 22.1 Å². The Kier molecular flexibility index (Phi) is 8.84. The molecule has 0 saturated carbocycles. The second kappa shape index (κ2) is 10.4. The first-order valence-electron chi connectivity index (χ1n) is 8.63. The molecule has 1 aromatic rings. The Labute approximate surface area is 152 Å². The number of thioether (sulfide) groups is 1. The number of aliphatic imine (C=N–C) groups is 1. The minimum atomic E-state index is 0.916. The van der Waals surface area contributed by atoms with Crippen molar-refractivity contribution in [1.82, 2.24) is 0 Å². The van der Waals surface area contributed by atoms with Crippen LogP contribution < -0.4 is 0 Å². The summed E-state index contributed by atoms with van der Waals surface area (Å²) in [6.45, 7) is 16.7. The fourth-order valence-electron chi connectivity index (χ4n) is 2.38. The van der Waals surface area contributed by atoms with E-state index in [-0.39, 0.29) is 0 Å². The normalized spacial score (nSPS) is 13.8. The smallest absolute Gasteiger partial charge is 0.0369 e. The fraction of sp³-hybridized carbons (Fsp3) is 0.409. The summed E-state index contributed by atoms with van der Waals surface area (Å²) >= 11 is 1.88. The van der Waals surface area contributed by atoms with Crippen molar-refractivity contribution >= 4 is 23.0 Å². The predicted octanol–water partition coefficient (Wildman–Crippen LogP) is 7.23. The van der Waals surface area contributed by atoms with Gasteiger partial charge in [-0.25, -0.2) is 0 Å². The maximum atomic E-state index is 4.66. The molecule has 0 atom stereocenters.